The molecular formula is C10H22N2O. The van der Waals surface area contributed by atoms with E-state index in [1.165, 1.54) is 19.4 Å². The van der Waals surface area contributed by atoms with Gasteiger partial charge in [0.1, 0.15) is 0 Å². The van der Waals surface area contributed by atoms with Crippen LogP contribution in [0.1, 0.15) is 26.7 Å². The van der Waals surface area contributed by atoms with Crippen LogP contribution in [0.5, 0.6) is 0 Å². The molecule has 0 spiro atoms. The number of hydrogen-bond acceptors (Lipinski definition) is 3. The SMILES string of the molecule is COC1(C)CCCN(CC(C)N)C1. The molecule has 2 unspecified atom stereocenters. The van der Waals surface area contributed by atoms with Crippen LogP contribution in [0.15, 0.2) is 0 Å². The van der Waals surface area contributed by atoms with Crippen molar-refractivity contribution in [2.75, 3.05) is 26.7 Å². The van der Waals surface area contributed by atoms with Gasteiger partial charge in [0, 0.05) is 26.2 Å². The van der Waals surface area contributed by atoms with Gasteiger partial charge in [-0.3, -0.25) is 4.90 Å². The van der Waals surface area contributed by atoms with Crippen LogP contribution in [-0.4, -0.2) is 43.3 Å². The molecule has 2 atom stereocenters. The second kappa shape index (κ2) is 4.40. The number of nitrogens with two attached hydrogens (primary N) is 1. The van der Waals surface area contributed by atoms with Crippen LogP contribution in [-0.2, 0) is 4.74 Å². The number of rotatable bonds is 3. The number of nitrogens with zero attached hydrogens (tertiary/aromatic N) is 1. The molecule has 1 rings (SSSR count). The normalized spacial score (nSPS) is 33.2. The van der Waals surface area contributed by atoms with Gasteiger partial charge < -0.3 is 10.5 Å². The van der Waals surface area contributed by atoms with Crippen LogP contribution in [0.3, 0.4) is 0 Å². The maximum absolute atomic E-state index is 5.77. The van der Waals surface area contributed by atoms with E-state index in [0.29, 0.717) is 0 Å². The van der Waals surface area contributed by atoms with E-state index in [1.54, 1.807) is 7.11 Å². The van der Waals surface area contributed by atoms with E-state index in [-0.39, 0.29) is 11.6 Å². The summed E-state index contributed by atoms with van der Waals surface area (Å²) in [6.45, 7) is 7.41. The third kappa shape index (κ3) is 3.25. The van der Waals surface area contributed by atoms with Gasteiger partial charge in [-0.2, -0.15) is 0 Å². The fourth-order valence-electron chi connectivity index (χ4n) is 2.04. The second-order valence-corrected chi connectivity index (χ2v) is 4.47. The molecule has 1 heterocycles. The highest BCUT2D eigenvalue weighted by Crippen LogP contribution is 2.23. The van der Waals surface area contributed by atoms with Gasteiger partial charge in [-0.05, 0) is 33.2 Å². The zero-order valence-electron chi connectivity index (χ0n) is 9.05. The fourth-order valence-corrected chi connectivity index (χ4v) is 2.04. The molecule has 78 valence electrons. The average Bonchev–Trinajstić information content (AvgIpc) is 2.03. The van der Waals surface area contributed by atoms with Gasteiger partial charge in [0.25, 0.3) is 0 Å². The van der Waals surface area contributed by atoms with Crippen molar-refractivity contribution in [2.24, 2.45) is 5.73 Å². The molecule has 1 fully saturated rings. The van der Waals surface area contributed by atoms with Crippen LogP contribution in [0.25, 0.3) is 0 Å². The zero-order valence-corrected chi connectivity index (χ0v) is 9.05. The monoisotopic (exact) mass is 186 g/mol. The molecule has 1 aliphatic rings. The molecule has 3 nitrogen and oxygen atoms in total. The largest absolute Gasteiger partial charge is 0.377 e. The number of methoxy groups -OCH3 is 1. The summed E-state index contributed by atoms with van der Waals surface area (Å²) in [6, 6.07) is 0.263. The Hall–Kier alpha value is -0.120. The molecule has 3 heteroatoms. The smallest absolute Gasteiger partial charge is 0.0777 e. The first-order valence-electron chi connectivity index (χ1n) is 5.09. The average molecular weight is 186 g/mol. The van der Waals surface area contributed by atoms with Gasteiger partial charge in [-0.1, -0.05) is 0 Å². The van der Waals surface area contributed by atoms with E-state index in [4.69, 9.17) is 10.5 Å². The summed E-state index contributed by atoms with van der Waals surface area (Å²) in [7, 11) is 1.80. The summed E-state index contributed by atoms with van der Waals surface area (Å²) in [5.74, 6) is 0. The van der Waals surface area contributed by atoms with Gasteiger partial charge in [0.2, 0.25) is 0 Å². The molecule has 0 aromatic heterocycles. The highest BCUT2D eigenvalue weighted by Gasteiger charge is 2.30. The third-order valence-corrected chi connectivity index (χ3v) is 2.78. The Morgan fingerprint density at radius 2 is 2.31 bits per heavy atom. The van der Waals surface area contributed by atoms with E-state index in [0.717, 1.165) is 13.1 Å². The second-order valence-electron chi connectivity index (χ2n) is 4.47. The first kappa shape index (κ1) is 11.0. The first-order chi connectivity index (χ1) is 6.06. The zero-order chi connectivity index (χ0) is 9.90. The van der Waals surface area contributed by atoms with Crippen LogP contribution >= 0.6 is 0 Å². The molecule has 1 aliphatic heterocycles. The highest BCUT2D eigenvalue weighted by atomic mass is 16.5. The maximum atomic E-state index is 5.77. The highest BCUT2D eigenvalue weighted by molar-refractivity contribution is 4.85. The van der Waals surface area contributed by atoms with Crippen molar-refractivity contribution in [3.63, 3.8) is 0 Å². The minimum absolute atomic E-state index is 0.0488. The molecule has 1 saturated heterocycles. The quantitative estimate of drug-likeness (QED) is 0.709. The summed E-state index contributed by atoms with van der Waals surface area (Å²) in [4.78, 5) is 2.40. The lowest BCUT2D eigenvalue weighted by Crippen LogP contribution is -2.50. The van der Waals surface area contributed by atoms with E-state index >= 15 is 0 Å². The van der Waals surface area contributed by atoms with Crippen LogP contribution in [0, 0.1) is 0 Å². The molecule has 0 saturated carbocycles. The van der Waals surface area contributed by atoms with E-state index in [2.05, 4.69) is 18.7 Å². The maximum Gasteiger partial charge on any atom is 0.0777 e. The summed E-state index contributed by atoms with van der Waals surface area (Å²) >= 11 is 0. The van der Waals surface area contributed by atoms with Crippen LogP contribution in [0.4, 0.5) is 0 Å². The molecule has 0 aliphatic carbocycles. The van der Waals surface area contributed by atoms with Crippen molar-refractivity contribution in [1.82, 2.24) is 4.90 Å². The molecule has 0 aromatic carbocycles. The number of likely N-dealkylation sites (tertiary alicyclic amines) is 1. The topological polar surface area (TPSA) is 38.5 Å². The molecule has 0 radical (unpaired) electrons. The number of piperidine rings is 1. The number of hydrogen-bond donors (Lipinski definition) is 1. The lowest BCUT2D eigenvalue weighted by molar-refractivity contribution is -0.0513. The molecule has 0 bridgehead atoms. The van der Waals surface area contributed by atoms with Crippen molar-refractivity contribution in [1.29, 1.82) is 0 Å². The first-order valence-corrected chi connectivity index (χ1v) is 5.09. The van der Waals surface area contributed by atoms with Crippen LogP contribution < -0.4 is 5.73 Å². The Labute approximate surface area is 81.2 Å². The fraction of sp³-hybridized carbons (Fsp3) is 1.00. The Kier molecular flexibility index (Phi) is 3.71. The summed E-state index contributed by atoms with van der Waals surface area (Å²) in [5, 5.41) is 0. The van der Waals surface area contributed by atoms with E-state index < -0.39 is 0 Å². The van der Waals surface area contributed by atoms with Crippen molar-refractivity contribution in [3.05, 3.63) is 0 Å². The summed E-state index contributed by atoms with van der Waals surface area (Å²) < 4.78 is 5.51. The summed E-state index contributed by atoms with van der Waals surface area (Å²) in [6.07, 6.45) is 2.38. The van der Waals surface area contributed by atoms with Gasteiger partial charge in [0.05, 0.1) is 5.60 Å². The standard InChI is InChI=1S/C10H22N2O/c1-9(11)7-12-6-4-5-10(2,8-12)13-3/h9H,4-8,11H2,1-3H3. The Morgan fingerprint density at radius 3 is 2.85 bits per heavy atom. The van der Waals surface area contributed by atoms with Crippen molar-refractivity contribution >= 4 is 0 Å². The lowest BCUT2D eigenvalue weighted by Gasteiger charge is -2.40. The third-order valence-electron chi connectivity index (χ3n) is 2.78. The minimum Gasteiger partial charge on any atom is -0.377 e. The molecule has 0 aromatic rings. The molecular weight excluding hydrogens is 164 g/mol. The lowest BCUT2D eigenvalue weighted by atomic mass is 9.94. The van der Waals surface area contributed by atoms with Gasteiger partial charge in [-0.25, -0.2) is 0 Å². The van der Waals surface area contributed by atoms with Crippen LogP contribution in [0.2, 0.25) is 0 Å². The van der Waals surface area contributed by atoms with E-state index in [1.807, 2.05) is 0 Å². The minimum atomic E-state index is 0.0488. The predicted molar refractivity (Wildman–Crippen MR) is 54.7 cm³/mol. The molecule has 2 N–H and O–H groups in total. The van der Waals surface area contributed by atoms with Crippen molar-refractivity contribution < 1.29 is 4.74 Å². The molecule has 0 amide bonds. The molecule has 13 heavy (non-hydrogen) atoms. The predicted octanol–water partition coefficient (Wildman–Crippen LogP) is 0.834. The summed E-state index contributed by atoms with van der Waals surface area (Å²) in [5.41, 5.74) is 5.82. The Balaban J connectivity index is 2.42. The number of ether oxygens (including phenoxy) is 1. The Bertz CT molecular complexity index is 161. The van der Waals surface area contributed by atoms with Gasteiger partial charge in [0.15, 0.2) is 0 Å². The van der Waals surface area contributed by atoms with Gasteiger partial charge >= 0.3 is 0 Å². The van der Waals surface area contributed by atoms with E-state index in [9.17, 15) is 0 Å². The van der Waals surface area contributed by atoms with Crippen molar-refractivity contribution in [3.8, 4) is 0 Å². The van der Waals surface area contributed by atoms with Gasteiger partial charge in [-0.15, -0.1) is 0 Å². The Morgan fingerprint density at radius 1 is 1.62 bits per heavy atom. The van der Waals surface area contributed by atoms with Crippen molar-refractivity contribution in [2.45, 2.75) is 38.3 Å².